The number of hydrogen-bond donors (Lipinski definition) is 2. The van der Waals surface area contributed by atoms with Gasteiger partial charge in [0.2, 0.25) is 0 Å². The summed E-state index contributed by atoms with van der Waals surface area (Å²) in [5.41, 5.74) is 6.00. The van der Waals surface area contributed by atoms with Crippen LogP contribution in [-0.4, -0.2) is 18.2 Å². The van der Waals surface area contributed by atoms with Crippen molar-refractivity contribution in [2.75, 3.05) is 7.11 Å². The van der Waals surface area contributed by atoms with Gasteiger partial charge in [0.05, 0.1) is 12.5 Å². The summed E-state index contributed by atoms with van der Waals surface area (Å²) >= 11 is 0. The quantitative estimate of drug-likeness (QED) is 0.763. The molecule has 1 unspecified atom stereocenters. The van der Waals surface area contributed by atoms with Crippen molar-refractivity contribution in [1.29, 1.82) is 0 Å². The second-order valence-corrected chi connectivity index (χ2v) is 4.28. The molecule has 0 amide bonds. The molecule has 0 aliphatic heterocycles. The molecule has 0 fully saturated rings. The Balaban J connectivity index is 2.97. The molecule has 0 bridgehead atoms. The zero-order chi connectivity index (χ0) is 12.3. The molecule has 0 heterocycles. The topological polar surface area (TPSA) is 72.5 Å². The highest BCUT2D eigenvalue weighted by molar-refractivity contribution is 5.77. The van der Waals surface area contributed by atoms with Gasteiger partial charge in [-0.15, -0.1) is 0 Å². The maximum absolute atomic E-state index is 11.6. The normalized spacial score (nSPS) is 13.2. The minimum Gasteiger partial charge on any atom is -0.508 e. The van der Waals surface area contributed by atoms with E-state index in [0.717, 1.165) is 5.56 Å². The maximum Gasteiger partial charge on any atom is 0.313 e. The molecule has 4 nitrogen and oxygen atoms in total. The molecule has 16 heavy (non-hydrogen) atoms. The van der Waals surface area contributed by atoms with Gasteiger partial charge in [0.15, 0.2) is 0 Å². The van der Waals surface area contributed by atoms with Gasteiger partial charge in [-0.1, -0.05) is 12.1 Å². The first-order chi connectivity index (χ1) is 7.39. The third kappa shape index (κ3) is 2.33. The third-order valence-electron chi connectivity index (χ3n) is 2.74. The fourth-order valence-electron chi connectivity index (χ4n) is 1.49. The van der Waals surface area contributed by atoms with Crippen LogP contribution in [0.4, 0.5) is 0 Å². The van der Waals surface area contributed by atoms with Crippen LogP contribution in [0.2, 0.25) is 0 Å². The Morgan fingerprint density at radius 1 is 1.38 bits per heavy atom. The number of ether oxygens (including phenoxy) is 1. The number of aromatic hydroxyl groups is 1. The van der Waals surface area contributed by atoms with Crippen LogP contribution in [0.15, 0.2) is 24.3 Å². The summed E-state index contributed by atoms with van der Waals surface area (Å²) in [6.45, 7) is 3.46. The Bertz CT molecular complexity index is 370. The second-order valence-electron chi connectivity index (χ2n) is 4.28. The van der Waals surface area contributed by atoms with Crippen LogP contribution >= 0.6 is 0 Å². The molecule has 0 aliphatic rings. The Labute approximate surface area is 95.0 Å². The summed E-state index contributed by atoms with van der Waals surface area (Å²) in [5, 5.41) is 9.16. The highest BCUT2D eigenvalue weighted by atomic mass is 16.5. The molecule has 0 saturated carbocycles. The van der Waals surface area contributed by atoms with Crippen molar-refractivity contribution in [3.05, 3.63) is 29.8 Å². The highest BCUT2D eigenvalue weighted by Crippen LogP contribution is 2.32. The number of rotatable bonds is 3. The fraction of sp³-hybridized carbons (Fsp3) is 0.417. The summed E-state index contributed by atoms with van der Waals surface area (Å²) in [4.78, 5) is 11.6. The van der Waals surface area contributed by atoms with Crippen molar-refractivity contribution in [1.82, 2.24) is 0 Å². The number of carbonyl (C=O) groups excluding carboxylic acids is 1. The van der Waals surface area contributed by atoms with Crippen LogP contribution in [-0.2, 0) is 9.53 Å². The Hall–Kier alpha value is -1.55. The van der Waals surface area contributed by atoms with E-state index in [9.17, 15) is 4.79 Å². The predicted octanol–water partition coefficient (Wildman–Crippen LogP) is 1.59. The van der Waals surface area contributed by atoms with Gasteiger partial charge in [0.25, 0.3) is 0 Å². The third-order valence-corrected chi connectivity index (χ3v) is 2.74. The number of nitrogens with two attached hydrogens (primary N) is 1. The highest BCUT2D eigenvalue weighted by Gasteiger charge is 2.36. The first kappa shape index (κ1) is 12.5. The molecule has 4 heteroatoms. The lowest BCUT2D eigenvalue weighted by Gasteiger charge is -2.28. The minimum absolute atomic E-state index is 0.173. The minimum atomic E-state index is -0.800. The molecule has 1 atom stereocenters. The van der Waals surface area contributed by atoms with E-state index in [2.05, 4.69) is 0 Å². The van der Waals surface area contributed by atoms with Crippen molar-refractivity contribution in [2.24, 2.45) is 11.1 Å². The van der Waals surface area contributed by atoms with E-state index >= 15 is 0 Å². The molecule has 0 saturated heterocycles. The van der Waals surface area contributed by atoms with E-state index in [0.29, 0.717) is 0 Å². The van der Waals surface area contributed by atoms with Crippen LogP contribution in [0.3, 0.4) is 0 Å². The zero-order valence-electron chi connectivity index (χ0n) is 9.73. The van der Waals surface area contributed by atoms with E-state index in [-0.39, 0.29) is 11.7 Å². The number of phenols is 1. The van der Waals surface area contributed by atoms with Gasteiger partial charge in [-0.2, -0.15) is 0 Å². The lowest BCUT2D eigenvalue weighted by atomic mass is 9.81. The summed E-state index contributed by atoms with van der Waals surface area (Å²) in [6.07, 6.45) is 0. The molecule has 1 rings (SSSR count). The number of carbonyl (C=O) groups is 1. The van der Waals surface area contributed by atoms with Crippen molar-refractivity contribution >= 4 is 5.97 Å². The number of phenolic OH excluding ortho intramolecular Hbond substituents is 1. The molecule has 0 spiro atoms. The number of methoxy groups -OCH3 is 1. The number of esters is 1. The Kier molecular flexibility index (Phi) is 3.55. The number of hydrogen-bond acceptors (Lipinski definition) is 4. The van der Waals surface area contributed by atoms with E-state index in [1.54, 1.807) is 38.1 Å². The van der Waals surface area contributed by atoms with Crippen LogP contribution in [0.25, 0.3) is 0 Å². The van der Waals surface area contributed by atoms with Gasteiger partial charge in [-0.05, 0) is 31.5 Å². The smallest absolute Gasteiger partial charge is 0.313 e. The first-order valence-electron chi connectivity index (χ1n) is 5.02. The molecule has 0 radical (unpaired) electrons. The van der Waals surface area contributed by atoms with Gasteiger partial charge < -0.3 is 15.6 Å². The van der Waals surface area contributed by atoms with Gasteiger partial charge in [0, 0.05) is 6.04 Å². The van der Waals surface area contributed by atoms with Crippen LogP contribution < -0.4 is 5.73 Å². The summed E-state index contributed by atoms with van der Waals surface area (Å²) in [5.74, 6) is -0.181. The van der Waals surface area contributed by atoms with Gasteiger partial charge in [-0.3, -0.25) is 4.79 Å². The molecule has 88 valence electrons. The van der Waals surface area contributed by atoms with Crippen LogP contribution in [0, 0.1) is 5.41 Å². The molecule has 0 aliphatic carbocycles. The van der Waals surface area contributed by atoms with Crippen molar-refractivity contribution in [2.45, 2.75) is 19.9 Å². The lowest BCUT2D eigenvalue weighted by molar-refractivity contribution is -0.152. The van der Waals surface area contributed by atoms with E-state index < -0.39 is 11.5 Å². The molecular formula is C12H17NO3. The maximum atomic E-state index is 11.6. The second kappa shape index (κ2) is 4.53. The average molecular weight is 223 g/mol. The van der Waals surface area contributed by atoms with Gasteiger partial charge in [-0.25, -0.2) is 0 Å². The van der Waals surface area contributed by atoms with Crippen molar-refractivity contribution in [3.63, 3.8) is 0 Å². The molecule has 1 aromatic rings. The Morgan fingerprint density at radius 3 is 2.31 bits per heavy atom. The average Bonchev–Trinajstić information content (AvgIpc) is 2.28. The molecule has 0 aromatic heterocycles. The van der Waals surface area contributed by atoms with Crippen molar-refractivity contribution in [3.8, 4) is 5.75 Å². The van der Waals surface area contributed by atoms with Crippen LogP contribution in [0.5, 0.6) is 5.75 Å². The van der Waals surface area contributed by atoms with E-state index in [1.165, 1.54) is 7.11 Å². The van der Waals surface area contributed by atoms with E-state index in [4.69, 9.17) is 15.6 Å². The monoisotopic (exact) mass is 223 g/mol. The predicted molar refractivity (Wildman–Crippen MR) is 60.8 cm³/mol. The van der Waals surface area contributed by atoms with Crippen LogP contribution in [0.1, 0.15) is 25.5 Å². The molecule has 1 aromatic carbocycles. The largest absolute Gasteiger partial charge is 0.508 e. The van der Waals surface area contributed by atoms with Crippen molar-refractivity contribution < 1.29 is 14.6 Å². The summed E-state index contributed by atoms with van der Waals surface area (Å²) in [6, 6.07) is 6.01. The number of benzene rings is 1. The molecular weight excluding hydrogens is 206 g/mol. The van der Waals surface area contributed by atoms with Gasteiger partial charge >= 0.3 is 5.97 Å². The van der Waals surface area contributed by atoms with E-state index in [1.807, 2.05) is 0 Å². The molecule has 3 N–H and O–H groups in total. The standard InChI is InChI=1S/C12H17NO3/c1-12(2,11(15)16-3)10(13)8-4-6-9(14)7-5-8/h4-7,10,14H,13H2,1-3H3. The zero-order valence-corrected chi connectivity index (χ0v) is 9.73. The lowest BCUT2D eigenvalue weighted by Crippen LogP contribution is -2.37. The Morgan fingerprint density at radius 2 is 1.88 bits per heavy atom. The van der Waals surface area contributed by atoms with Gasteiger partial charge in [0.1, 0.15) is 5.75 Å². The summed E-state index contributed by atoms with van der Waals surface area (Å²) in [7, 11) is 1.34. The SMILES string of the molecule is COC(=O)C(C)(C)C(N)c1ccc(O)cc1. The first-order valence-corrected chi connectivity index (χ1v) is 5.02. The fourth-order valence-corrected chi connectivity index (χ4v) is 1.49. The summed E-state index contributed by atoms with van der Waals surface area (Å²) < 4.78 is 4.71.